The summed E-state index contributed by atoms with van der Waals surface area (Å²) in [4.78, 5) is 13.7. The lowest BCUT2D eigenvalue weighted by molar-refractivity contribution is 0.0688. The number of carboxylic acids is 1. The quantitative estimate of drug-likeness (QED) is 0.923. The van der Waals surface area contributed by atoms with Crippen LogP contribution in [0.4, 0.5) is 5.69 Å². The number of rotatable bonds is 4. The number of ether oxygens (including phenoxy) is 2. The zero-order chi connectivity index (χ0) is 15.7. The third-order valence-corrected chi connectivity index (χ3v) is 4.50. The Morgan fingerprint density at radius 1 is 1.59 bits per heavy atom. The summed E-state index contributed by atoms with van der Waals surface area (Å²) in [6.07, 6.45) is 0. The summed E-state index contributed by atoms with van der Waals surface area (Å²) >= 11 is 7.82. The van der Waals surface area contributed by atoms with E-state index >= 15 is 0 Å². The number of benzene rings is 1. The van der Waals surface area contributed by atoms with Crippen molar-refractivity contribution >= 4 is 34.6 Å². The average Bonchev–Trinajstić information content (AvgIpc) is 2.99. The van der Waals surface area contributed by atoms with Crippen LogP contribution in [-0.4, -0.2) is 31.3 Å². The van der Waals surface area contributed by atoms with Crippen molar-refractivity contribution < 1.29 is 19.4 Å². The first-order valence-corrected chi connectivity index (χ1v) is 7.96. The van der Waals surface area contributed by atoms with Crippen molar-refractivity contribution in [2.45, 2.75) is 6.54 Å². The molecule has 0 spiro atoms. The molecule has 2 aromatic rings. The van der Waals surface area contributed by atoms with Gasteiger partial charge in [0.15, 0.2) is 11.5 Å². The summed E-state index contributed by atoms with van der Waals surface area (Å²) in [5, 5.41) is 13.8. The molecule has 0 aliphatic carbocycles. The van der Waals surface area contributed by atoms with E-state index in [0.717, 1.165) is 0 Å². The van der Waals surface area contributed by atoms with E-state index in [4.69, 9.17) is 21.1 Å². The van der Waals surface area contributed by atoms with Crippen molar-refractivity contribution in [2.24, 2.45) is 0 Å². The van der Waals surface area contributed by atoms with E-state index in [2.05, 4.69) is 10.3 Å². The van der Waals surface area contributed by atoms with Crippen molar-refractivity contribution in [3.63, 3.8) is 0 Å². The van der Waals surface area contributed by atoms with Gasteiger partial charge >= 0.3 is 5.97 Å². The van der Waals surface area contributed by atoms with Gasteiger partial charge in [-0.05, 0) is 28.5 Å². The van der Waals surface area contributed by atoms with Gasteiger partial charge in [0.05, 0.1) is 24.4 Å². The number of aromatic carboxylic acids is 1. The molecule has 2 heterocycles. The van der Waals surface area contributed by atoms with Gasteiger partial charge < -0.3 is 19.5 Å². The second-order valence-electron chi connectivity index (χ2n) is 4.82. The molecule has 0 atom stereocenters. The fraction of sp³-hybridized carbons (Fsp3) is 0.267. The summed E-state index contributed by atoms with van der Waals surface area (Å²) in [6.45, 7) is 1.77. The lowest BCUT2D eigenvalue weighted by Gasteiger charge is -2.32. The summed E-state index contributed by atoms with van der Waals surface area (Å²) in [5.41, 5.74) is 1.82. The summed E-state index contributed by atoms with van der Waals surface area (Å²) < 4.78 is 10.7. The van der Waals surface area contributed by atoms with E-state index < -0.39 is 5.97 Å². The molecule has 0 fully saturated rings. The van der Waals surface area contributed by atoms with Gasteiger partial charge in [-0.2, -0.15) is 11.3 Å². The molecular weight excluding hydrogens is 326 g/mol. The second kappa shape index (κ2) is 6.06. The van der Waals surface area contributed by atoms with Crippen LogP contribution in [0.5, 0.6) is 11.5 Å². The van der Waals surface area contributed by atoms with Crippen LogP contribution < -0.4 is 14.4 Å². The summed E-state index contributed by atoms with van der Waals surface area (Å²) in [6, 6.07) is 3.75. The van der Waals surface area contributed by atoms with E-state index in [-0.39, 0.29) is 16.3 Å². The number of halogens is 1. The molecule has 1 aliphatic rings. The number of fused-ring (bicyclic) bond motifs is 1. The highest BCUT2D eigenvalue weighted by molar-refractivity contribution is 7.07. The lowest BCUT2D eigenvalue weighted by atomic mass is 10.1. The Bertz CT molecular complexity index is 702. The van der Waals surface area contributed by atoms with Gasteiger partial charge in [-0.1, -0.05) is 11.6 Å². The van der Waals surface area contributed by atoms with Crippen molar-refractivity contribution in [2.75, 3.05) is 25.2 Å². The molecule has 22 heavy (non-hydrogen) atoms. The predicted octanol–water partition coefficient (Wildman–Crippen LogP) is 3.51. The molecule has 1 aromatic carbocycles. The van der Waals surface area contributed by atoms with E-state index in [1.165, 1.54) is 12.7 Å². The Labute approximate surface area is 136 Å². The largest absolute Gasteiger partial charge is 0.494 e. The van der Waals surface area contributed by atoms with E-state index in [1.807, 2.05) is 11.4 Å². The third-order valence-electron chi connectivity index (χ3n) is 3.49. The normalized spacial score (nSPS) is 13.5. The number of nitrogens with zero attached hydrogens (tertiary/aromatic N) is 1. The predicted molar refractivity (Wildman–Crippen MR) is 85.8 cm³/mol. The monoisotopic (exact) mass is 339 g/mol. The van der Waals surface area contributed by atoms with Crippen LogP contribution in [0.1, 0.15) is 15.9 Å². The number of anilines is 1. The molecule has 7 heteroatoms. The average molecular weight is 340 g/mol. The topological polar surface area (TPSA) is 59.0 Å². The smallest absolute Gasteiger partial charge is 0.343 e. The first-order valence-electron chi connectivity index (χ1n) is 6.64. The molecular formula is C15H14ClNO4S. The number of hydrogen-bond acceptors (Lipinski definition) is 5. The second-order valence-corrected chi connectivity index (χ2v) is 6.01. The highest BCUT2D eigenvalue weighted by Gasteiger charge is 2.29. The maximum Gasteiger partial charge on any atom is 0.343 e. The number of thiophene rings is 1. The molecule has 1 N–H and O–H groups in total. The first-order chi connectivity index (χ1) is 10.6. The maximum absolute atomic E-state index is 11.6. The van der Waals surface area contributed by atoms with Gasteiger partial charge in [-0.3, -0.25) is 0 Å². The Balaban J connectivity index is 2.08. The molecule has 3 rings (SSSR count). The number of carbonyl (C=O) groups is 1. The minimum Gasteiger partial charge on any atom is -0.494 e. The maximum atomic E-state index is 11.6. The lowest BCUT2D eigenvalue weighted by Crippen LogP contribution is -2.33. The summed E-state index contributed by atoms with van der Waals surface area (Å²) in [5.74, 6) is -0.673. The van der Waals surface area contributed by atoms with Crippen LogP contribution >= 0.6 is 22.9 Å². The van der Waals surface area contributed by atoms with Crippen molar-refractivity contribution in [3.8, 4) is 11.5 Å². The zero-order valence-electron chi connectivity index (χ0n) is 11.8. The molecule has 0 unspecified atom stereocenters. The minimum atomic E-state index is -1.12. The van der Waals surface area contributed by atoms with Gasteiger partial charge in [-0.15, -0.1) is 0 Å². The molecule has 0 radical (unpaired) electrons. The Kier molecular flexibility index (Phi) is 4.13. The molecule has 0 saturated carbocycles. The van der Waals surface area contributed by atoms with Crippen LogP contribution in [0.25, 0.3) is 0 Å². The number of carboxylic acid groups (broad SMARTS) is 1. The zero-order valence-corrected chi connectivity index (χ0v) is 13.4. The van der Waals surface area contributed by atoms with Gasteiger partial charge in [-0.25, -0.2) is 4.79 Å². The molecule has 0 amide bonds. The van der Waals surface area contributed by atoms with Crippen molar-refractivity contribution in [1.82, 2.24) is 0 Å². The number of hydrogen-bond donors (Lipinski definition) is 1. The van der Waals surface area contributed by atoms with Crippen LogP contribution in [0, 0.1) is 0 Å². The molecule has 5 nitrogen and oxygen atoms in total. The Hall–Kier alpha value is -1.92. The van der Waals surface area contributed by atoms with Gasteiger partial charge in [0.2, 0.25) is 0 Å². The van der Waals surface area contributed by atoms with Crippen LogP contribution in [0.2, 0.25) is 5.02 Å². The van der Waals surface area contributed by atoms with Crippen molar-refractivity contribution in [3.05, 3.63) is 39.0 Å². The minimum absolute atomic E-state index is 0.0278. The van der Waals surface area contributed by atoms with Gasteiger partial charge in [0.1, 0.15) is 12.2 Å². The molecule has 1 aliphatic heterocycles. The molecule has 1 aromatic heterocycles. The van der Waals surface area contributed by atoms with Gasteiger partial charge in [0.25, 0.3) is 0 Å². The molecule has 0 bridgehead atoms. The van der Waals surface area contributed by atoms with Crippen LogP contribution in [0.15, 0.2) is 22.9 Å². The fourth-order valence-corrected chi connectivity index (χ4v) is 3.46. The van der Waals surface area contributed by atoms with Crippen molar-refractivity contribution in [1.29, 1.82) is 0 Å². The van der Waals surface area contributed by atoms with Crippen LogP contribution in [-0.2, 0) is 6.54 Å². The van der Waals surface area contributed by atoms with E-state index in [0.29, 0.717) is 31.1 Å². The highest BCUT2D eigenvalue weighted by Crippen LogP contribution is 2.45. The Morgan fingerprint density at radius 2 is 2.41 bits per heavy atom. The van der Waals surface area contributed by atoms with E-state index in [9.17, 15) is 9.90 Å². The molecule has 116 valence electrons. The fourth-order valence-electron chi connectivity index (χ4n) is 2.52. The summed E-state index contributed by atoms with van der Waals surface area (Å²) in [7, 11) is 1.39. The Morgan fingerprint density at radius 3 is 3.05 bits per heavy atom. The number of methoxy groups -OCH3 is 1. The standard InChI is InChI=1S/C15H14ClNO4S/c1-20-13-10(16)6-11-14(12(13)15(18)19)21-4-3-17(11)7-9-2-5-22-8-9/h2,5-6,8H,3-4,7H2,1H3,(H,18,19). The van der Waals surface area contributed by atoms with E-state index in [1.54, 1.807) is 17.4 Å². The highest BCUT2D eigenvalue weighted by atomic mass is 35.5. The molecule has 0 saturated heterocycles. The SMILES string of the molecule is COc1c(Cl)cc2c(c1C(=O)O)OCCN2Cc1ccsc1. The first kappa shape index (κ1) is 15.0. The van der Waals surface area contributed by atoms with Gasteiger partial charge in [0, 0.05) is 6.54 Å². The third kappa shape index (κ3) is 2.60. The van der Waals surface area contributed by atoms with Crippen LogP contribution in [0.3, 0.4) is 0 Å².